The Labute approximate surface area is 147 Å². The zero-order chi connectivity index (χ0) is 17.6. The molecule has 0 unspecified atom stereocenters. The Morgan fingerprint density at radius 3 is 2.36 bits per heavy atom. The average Bonchev–Trinajstić information content (AvgIpc) is 2.67. The van der Waals surface area contributed by atoms with E-state index in [0.29, 0.717) is 23.3 Å². The van der Waals surface area contributed by atoms with E-state index >= 15 is 0 Å². The lowest BCUT2D eigenvalue weighted by Crippen LogP contribution is -2.28. The molecule has 0 bridgehead atoms. The molecule has 0 amide bonds. The van der Waals surface area contributed by atoms with E-state index < -0.39 is 0 Å². The summed E-state index contributed by atoms with van der Waals surface area (Å²) in [5.74, 6) is 0.779. The molecule has 25 heavy (non-hydrogen) atoms. The van der Waals surface area contributed by atoms with Crippen LogP contribution < -0.4 is 10.2 Å². The van der Waals surface area contributed by atoms with Crippen molar-refractivity contribution in [2.24, 2.45) is 0 Å². The van der Waals surface area contributed by atoms with Crippen LogP contribution in [0, 0.1) is 0 Å². The number of likely N-dealkylation sites (N-methyl/N-ethyl adjacent to an activating group) is 1. The van der Waals surface area contributed by atoms with Gasteiger partial charge >= 0.3 is 0 Å². The second-order valence-electron chi connectivity index (χ2n) is 5.83. The molecular weight excluding hydrogens is 314 g/mol. The van der Waals surface area contributed by atoms with Gasteiger partial charge in [-0.1, -0.05) is 56.3 Å². The van der Waals surface area contributed by atoms with Crippen LogP contribution in [0.2, 0.25) is 0 Å². The summed E-state index contributed by atoms with van der Waals surface area (Å²) < 4.78 is 11.9. The van der Waals surface area contributed by atoms with Gasteiger partial charge in [0.1, 0.15) is 12.2 Å². The van der Waals surface area contributed by atoms with Crippen LogP contribution in [0.1, 0.15) is 13.8 Å². The number of para-hydroxylation sites is 1. The highest BCUT2D eigenvalue weighted by molar-refractivity contribution is 5.81. The van der Waals surface area contributed by atoms with Crippen LogP contribution in [0.15, 0.2) is 63.8 Å². The summed E-state index contributed by atoms with van der Waals surface area (Å²) in [4.78, 5) is 15.2. The number of rotatable bonds is 7. The summed E-state index contributed by atoms with van der Waals surface area (Å²) in [6.45, 7) is 7.36. The standard InChI is InChI=1S/C21H23NO3/c1-3-22(4-2)14-15-24-21-19(23)17-12-8-9-13-18(17)25-20(21)16-10-6-5-7-11-16/h5-13H,3-4,14-15H2,1-2H3. The van der Waals surface area contributed by atoms with Gasteiger partial charge in [0.2, 0.25) is 11.2 Å². The van der Waals surface area contributed by atoms with E-state index in [0.717, 1.165) is 25.2 Å². The molecular formula is C21H23NO3. The number of ether oxygens (including phenoxy) is 1. The van der Waals surface area contributed by atoms with Crippen molar-refractivity contribution in [2.75, 3.05) is 26.2 Å². The summed E-state index contributed by atoms with van der Waals surface area (Å²) in [6, 6.07) is 16.9. The van der Waals surface area contributed by atoms with Gasteiger partial charge in [-0.05, 0) is 25.2 Å². The quantitative estimate of drug-likeness (QED) is 0.649. The third-order valence-corrected chi connectivity index (χ3v) is 4.34. The van der Waals surface area contributed by atoms with E-state index in [-0.39, 0.29) is 11.2 Å². The van der Waals surface area contributed by atoms with Crippen molar-refractivity contribution in [3.8, 4) is 17.1 Å². The zero-order valence-electron chi connectivity index (χ0n) is 14.7. The van der Waals surface area contributed by atoms with Gasteiger partial charge < -0.3 is 14.1 Å². The summed E-state index contributed by atoms with van der Waals surface area (Å²) in [5.41, 5.74) is 1.28. The fourth-order valence-corrected chi connectivity index (χ4v) is 2.85. The van der Waals surface area contributed by atoms with Gasteiger partial charge in [-0.15, -0.1) is 0 Å². The zero-order valence-corrected chi connectivity index (χ0v) is 14.7. The highest BCUT2D eigenvalue weighted by Crippen LogP contribution is 2.30. The maximum absolute atomic E-state index is 12.9. The highest BCUT2D eigenvalue weighted by Gasteiger charge is 2.17. The number of fused-ring (bicyclic) bond motifs is 1. The van der Waals surface area contributed by atoms with Crippen molar-refractivity contribution in [3.63, 3.8) is 0 Å². The van der Waals surface area contributed by atoms with Gasteiger partial charge in [0.05, 0.1) is 5.39 Å². The van der Waals surface area contributed by atoms with Crippen LogP contribution in [0.25, 0.3) is 22.3 Å². The minimum Gasteiger partial charge on any atom is -0.485 e. The second kappa shape index (κ2) is 7.99. The van der Waals surface area contributed by atoms with Crippen molar-refractivity contribution in [1.82, 2.24) is 4.90 Å². The Hall–Kier alpha value is -2.59. The van der Waals surface area contributed by atoms with Crippen molar-refractivity contribution in [3.05, 3.63) is 64.8 Å². The van der Waals surface area contributed by atoms with Gasteiger partial charge in [-0.3, -0.25) is 4.79 Å². The van der Waals surface area contributed by atoms with Crippen LogP contribution >= 0.6 is 0 Å². The molecule has 2 aromatic carbocycles. The predicted octanol–water partition coefficient (Wildman–Crippen LogP) is 4.18. The van der Waals surface area contributed by atoms with Crippen LogP contribution in [0.3, 0.4) is 0 Å². The SMILES string of the molecule is CCN(CC)CCOc1c(-c2ccccc2)oc2ccccc2c1=O. The molecule has 0 fully saturated rings. The van der Waals surface area contributed by atoms with E-state index in [1.807, 2.05) is 48.5 Å². The van der Waals surface area contributed by atoms with E-state index in [9.17, 15) is 4.79 Å². The molecule has 0 saturated heterocycles. The molecule has 4 heteroatoms. The molecule has 0 aliphatic carbocycles. The molecule has 0 N–H and O–H groups in total. The fraction of sp³-hybridized carbons (Fsp3) is 0.286. The normalized spacial score (nSPS) is 11.2. The van der Waals surface area contributed by atoms with E-state index in [4.69, 9.17) is 9.15 Å². The Kier molecular flexibility index (Phi) is 5.51. The van der Waals surface area contributed by atoms with Crippen LogP contribution in [0.4, 0.5) is 0 Å². The predicted molar refractivity (Wildman–Crippen MR) is 101 cm³/mol. The van der Waals surface area contributed by atoms with Crippen LogP contribution in [0.5, 0.6) is 5.75 Å². The van der Waals surface area contributed by atoms with Gasteiger partial charge in [0.25, 0.3) is 0 Å². The van der Waals surface area contributed by atoms with Crippen molar-refractivity contribution in [1.29, 1.82) is 0 Å². The van der Waals surface area contributed by atoms with Gasteiger partial charge in [0.15, 0.2) is 5.76 Å². The smallest absolute Gasteiger partial charge is 0.235 e. The maximum Gasteiger partial charge on any atom is 0.235 e. The number of benzene rings is 2. The summed E-state index contributed by atoms with van der Waals surface area (Å²) >= 11 is 0. The molecule has 0 spiro atoms. The Morgan fingerprint density at radius 2 is 1.64 bits per heavy atom. The third-order valence-electron chi connectivity index (χ3n) is 4.34. The highest BCUT2D eigenvalue weighted by atomic mass is 16.5. The third kappa shape index (κ3) is 3.74. The van der Waals surface area contributed by atoms with Gasteiger partial charge in [-0.2, -0.15) is 0 Å². The molecule has 130 valence electrons. The number of hydrogen-bond acceptors (Lipinski definition) is 4. The number of nitrogens with zero attached hydrogens (tertiary/aromatic N) is 1. The second-order valence-corrected chi connectivity index (χ2v) is 5.83. The Bertz CT molecular complexity index is 883. The van der Waals surface area contributed by atoms with E-state index in [1.54, 1.807) is 6.07 Å². The minimum absolute atomic E-state index is 0.125. The molecule has 0 saturated carbocycles. The minimum atomic E-state index is -0.125. The topological polar surface area (TPSA) is 42.7 Å². The van der Waals surface area contributed by atoms with Crippen molar-refractivity contribution in [2.45, 2.75) is 13.8 Å². The summed E-state index contributed by atoms with van der Waals surface area (Å²) in [7, 11) is 0. The molecule has 3 rings (SSSR count). The Balaban J connectivity index is 2.02. The Morgan fingerprint density at radius 1 is 0.960 bits per heavy atom. The summed E-state index contributed by atoms with van der Waals surface area (Å²) in [5, 5.41) is 0.542. The lowest BCUT2D eigenvalue weighted by atomic mass is 10.1. The maximum atomic E-state index is 12.9. The molecule has 0 radical (unpaired) electrons. The first-order chi connectivity index (χ1) is 12.2. The first-order valence-corrected chi connectivity index (χ1v) is 8.71. The van der Waals surface area contributed by atoms with Crippen molar-refractivity contribution < 1.29 is 9.15 Å². The van der Waals surface area contributed by atoms with Crippen LogP contribution in [-0.4, -0.2) is 31.1 Å². The summed E-state index contributed by atoms with van der Waals surface area (Å²) in [6.07, 6.45) is 0. The lowest BCUT2D eigenvalue weighted by molar-refractivity contribution is 0.220. The molecule has 0 aliphatic heterocycles. The first kappa shape index (κ1) is 17.2. The molecule has 3 aromatic rings. The van der Waals surface area contributed by atoms with E-state index in [2.05, 4.69) is 18.7 Å². The number of hydrogen-bond donors (Lipinski definition) is 0. The largest absolute Gasteiger partial charge is 0.485 e. The fourth-order valence-electron chi connectivity index (χ4n) is 2.85. The molecule has 4 nitrogen and oxygen atoms in total. The van der Waals surface area contributed by atoms with E-state index in [1.165, 1.54) is 0 Å². The van der Waals surface area contributed by atoms with Gasteiger partial charge in [-0.25, -0.2) is 0 Å². The monoisotopic (exact) mass is 337 g/mol. The molecule has 1 heterocycles. The van der Waals surface area contributed by atoms with Crippen LogP contribution in [-0.2, 0) is 0 Å². The molecule has 1 aromatic heterocycles. The molecule has 0 aliphatic rings. The first-order valence-electron chi connectivity index (χ1n) is 8.71. The van der Waals surface area contributed by atoms with Crippen molar-refractivity contribution >= 4 is 11.0 Å². The molecule has 0 atom stereocenters. The average molecular weight is 337 g/mol. The van der Waals surface area contributed by atoms with Gasteiger partial charge in [0, 0.05) is 12.1 Å². The lowest BCUT2D eigenvalue weighted by Gasteiger charge is -2.18.